The summed E-state index contributed by atoms with van der Waals surface area (Å²) in [6.45, 7) is 34.9. The topological polar surface area (TPSA) is 102 Å². The molecule has 0 aliphatic carbocycles. The molecule has 58 heavy (non-hydrogen) atoms. The molecular formula is C47H84O11. The fourth-order valence-corrected chi connectivity index (χ4v) is 11.5. The first kappa shape index (κ1) is 47.0. The van der Waals surface area contributed by atoms with Crippen LogP contribution >= 0.6 is 0 Å². The van der Waals surface area contributed by atoms with Crippen LogP contribution in [0.1, 0.15) is 136 Å². The molecule has 0 amide bonds. The van der Waals surface area contributed by atoms with Crippen molar-refractivity contribution >= 4 is 0 Å². The van der Waals surface area contributed by atoms with E-state index in [2.05, 4.69) is 104 Å². The molecule has 0 saturated carbocycles. The lowest BCUT2D eigenvalue weighted by Crippen LogP contribution is -2.56. The highest BCUT2D eigenvalue weighted by atomic mass is 16.8. The van der Waals surface area contributed by atoms with E-state index in [1.165, 1.54) is 0 Å². The molecule has 11 nitrogen and oxygen atoms in total. The molecule has 6 aliphatic rings. The highest BCUT2D eigenvalue weighted by molar-refractivity contribution is 5.00. The van der Waals surface area contributed by atoms with Gasteiger partial charge in [-0.15, -0.1) is 0 Å². The number of ether oxygens (including phenoxy) is 11. The molecule has 0 aromatic rings. The van der Waals surface area contributed by atoms with Gasteiger partial charge in [-0.05, 0) is 61.7 Å². The third-order valence-corrected chi connectivity index (χ3v) is 17.1. The van der Waals surface area contributed by atoms with Crippen molar-refractivity contribution in [2.75, 3.05) is 46.2 Å². The standard InChI is InChI=1S/C47H84O11/c1-16-38-28(6)33(11)43(54-38)23-48-21-22-49-44(34(12)29(7)39(17-2)55-44)24-51-46(36(14)31(9)41(19-4)57-46)26-53-47(37(15)32(10)42(20-5)58-47)27-52-45(25-50-43)35(13)30(8)40(18-3)56-45/h28-42H,16-27H2,1-15H3/t28-,29?,30-,31?,32?,33?,34-,35?,36-,37-,38-,39-,40-,41-,42-,43-,44-,45-,46-,47-/m1/s1. The van der Waals surface area contributed by atoms with Gasteiger partial charge in [0.05, 0.1) is 43.7 Å². The van der Waals surface area contributed by atoms with Crippen molar-refractivity contribution < 1.29 is 52.1 Å². The Balaban J connectivity index is 1.42. The molecule has 20 atom stereocenters. The van der Waals surface area contributed by atoms with Crippen molar-refractivity contribution in [1.82, 2.24) is 0 Å². The van der Waals surface area contributed by atoms with Crippen LogP contribution in [0.2, 0.25) is 0 Å². The van der Waals surface area contributed by atoms with Gasteiger partial charge < -0.3 is 52.1 Å². The molecule has 6 heterocycles. The normalized spacial score (nSPS) is 53.7. The molecule has 0 N–H and O–H groups in total. The third kappa shape index (κ3) is 8.14. The van der Waals surface area contributed by atoms with Crippen LogP contribution in [0.3, 0.4) is 0 Å². The largest absolute Gasteiger partial charge is 0.373 e. The van der Waals surface area contributed by atoms with Gasteiger partial charge in [0, 0.05) is 29.6 Å². The van der Waals surface area contributed by atoms with E-state index in [1.54, 1.807) is 0 Å². The van der Waals surface area contributed by atoms with E-state index in [-0.39, 0.29) is 123 Å². The van der Waals surface area contributed by atoms with Gasteiger partial charge in [0.15, 0.2) is 28.9 Å². The van der Waals surface area contributed by atoms with Crippen LogP contribution in [0.5, 0.6) is 0 Å². The van der Waals surface area contributed by atoms with Gasteiger partial charge in [0.25, 0.3) is 0 Å². The van der Waals surface area contributed by atoms with Crippen LogP contribution in [-0.4, -0.2) is 106 Å². The van der Waals surface area contributed by atoms with E-state index in [9.17, 15) is 0 Å². The minimum absolute atomic E-state index is 0.00515. The lowest BCUT2D eigenvalue weighted by Gasteiger charge is -2.44. The van der Waals surface area contributed by atoms with E-state index in [4.69, 9.17) is 52.1 Å². The summed E-state index contributed by atoms with van der Waals surface area (Å²) in [7, 11) is 0. The van der Waals surface area contributed by atoms with E-state index < -0.39 is 28.9 Å². The summed E-state index contributed by atoms with van der Waals surface area (Å²) in [4.78, 5) is 0. The fraction of sp³-hybridized carbons (Fsp3) is 1.00. The van der Waals surface area contributed by atoms with Crippen molar-refractivity contribution in [3.63, 3.8) is 0 Å². The molecule has 0 aromatic heterocycles. The first-order chi connectivity index (χ1) is 27.5. The average molecular weight is 825 g/mol. The zero-order valence-electron chi connectivity index (χ0n) is 39.1. The summed E-state index contributed by atoms with van der Waals surface area (Å²) in [5, 5.41) is 0. The molecule has 5 spiro atoms. The molecule has 6 aliphatic heterocycles. The minimum atomic E-state index is -1.10. The molecule has 6 saturated heterocycles. The summed E-state index contributed by atoms with van der Waals surface area (Å²) in [5.74, 6) is -3.90. The predicted molar refractivity (Wildman–Crippen MR) is 222 cm³/mol. The van der Waals surface area contributed by atoms with Gasteiger partial charge in [-0.2, -0.15) is 0 Å². The monoisotopic (exact) mass is 825 g/mol. The molecule has 0 bridgehead atoms. The number of rotatable bonds is 5. The highest BCUT2D eigenvalue weighted by Gasteiger charge is 2.62. The van der Waals surface area contributed by atoms with Gasteiger partial charge >= 0.3 is 0 Å². The number of hydrogen-bond donors (Lipinski definition) is 0. The summed E-state index contributed by atoms with van der Waals surface area (Å²) in [6.07, 6.45) is 4.42. The second-order valence-corrected chi connectivity index (χ2v) is 19.7. The Morgan fingerprint density at radius 1 is 0.310 bits per heavy atom. The smallest absolute Gasteiger partial charge is 0.195 e. The predicted octanol–water partition coefficient (Wildman–Crippen LogP) is 8.99. The molecule has 6 fully saturated rings. The quantitative estimate of drug-likeness (QED) is 0.266. The van der Waals surface area contributed by atoms with Crippen LogP contribution in [0, 0.1) is 59.2 Å². The fourth-order valence-electron chi connectivity index (χ4n) is 11.5. The van der Waals surface area contributed by atoms with Crippen LogP contribution in [0.15, 0.2) is 0 Å². The molecule has 0 radical (unpaired) electrons. The van der Waals surface area contributed by atoms with Crippen molar-refractivity contribution in [2.45, 2.75) is 195 Å². The minimum Gasteiger partial charge on any atom is -0.373 e. The maximum absolute atomic E-state index is 7.29. The van der Waals surface area contributed by atoms with Crippen molar-refractivity contribution in [3.05, 3.63) is 0 Å². The summed E-state index contributed by atoms with van der Waals surface area (Å²) in [6, 6.07) is 0. The average Bonchev–Trinajstić information content (AvgIpc) is 3.89. The molecule has 6 rings (SSSR count). The Morgan fingerprint density at radius 3 is 0.759 bits per heavy atom. The van der Waals surface area contributed by atoms with Gasteiger partial charge in [0.1, 0.15) is 33.0 Å². The third-order valence-electron chi connectivity index (χ3n) is 17.1. The molecule has 11 heteroatoms. The zero-order chi connectivity index (χ0) is 42.4. The van der Waals surface area contributed by atoms with Gasteiger partial charge in [-0.3, -0.25) is 0 Å². The van der Waals surface area contributed by atoms with Crippen LogP contribution in [0.4, 0.5) is 0 Å². The molecule has 0 aromatic carbocycles. The lowest BCUT2D eigenvalue weighted by molar-refractivity contribution is -0.376. The summed E-state index contributed by atoms with van der Waals surface area (Å²) >= 11 is 0. The summed E-state index contributed by atoms with van der Waals surface area (Å²) in [5.41, 5.74) is 0. The zero-order valence-corrected chi connectivity index (χ0v) is 39.1. The van der Waals surface area contributed by atoms with E-state index in [0.717, 1.165) is 32.1 Å². The van der Waals surface area contributed by atoms with Crippen molar-refractivity contribution in [3.8, 4) is 0 Å². The Morgan fingerprint density at radius 2 is 0.534 bits per heavy atom. The second kappa shape index (κ2) is 18.3. The summed E-state index contributed by atoms with van der Waals surface area (Å²) < 4.78 is 77.3. The van der Waals surface area contributed by atoms with Crippen LogP contribution < -0.4 is 0 Å². The molecular weight excluding hydrogens is 741 g/mol. The van der Waals surface area contributed by atoms with Gasteiger partial charge in [-0.25, -0.2) is 0 Å². The molecule has 5 unspecified atom stereocenters. The number of hydrogen-bond acceptors (Lipinski definition) is 11. The van der Waals surface area contributed by atoms with Crippen LogP contribution in [-0.2, 0) is 52.1 Å². The van der Waals surface area contributed by atoms with Crippen LogP contribution in [0.25, 0.3) is 0 Å². The first-order valence-corrected chi connectivity index (χ1v) is 23.6. The Bertz CT molecular complexity index is 1250. The lowest BCUT2D eigenvalue weighted by atomic mass is 9.85. The van der Waals surface area contributed by atoms with E-state index in [0.29, 0.717) is 13.2 Å². The maximum atomic E-state index is 7.29. The van der Waals surface area contributed by atoms with Gasteiger partial charge in [0.2, 0.25) is 0 Å². The van der Waals surface area contributed by atoms with E-state index in [1.807, 2.05) is 0 Å². The van der Waals surface area contributed by atoms with Gasteiger partial charge in [-0.1, -0.05) is 104 Å². The maximum Gasteiger partial charge on any atom is 0.195 e. The molecule has 338 valence electrons. The Hall–Kier alpha value is -0.440. The highest BCUT2D eigenvalue weighted by Crippen LogP contribution is 2.52. The Kier molecular flexibility index (Phi) is 14.9. The second-order valence-electron chi connectivity index (χ2n) is 19.7. The first-order valence-electron chi connectivity index (χ1n) is 23.6. The van der Waals surface area contributed by atoms with Crippen molar-refractivity contribution in [2.24, 2.45) is 59.2 Å². The van der Waals surface area contributed by atoms with Crippen molar-refractivity contribution in [1.29, 1.82) is 0 Å². The Labute approximate surface area is 352 Å². The SMILES string of the molecule is CC[C@H]1O[C@]2(CO[C@]3(CO[C@]4(COCCO[C@]5(CO[C@]6(CO2)O[C@H](CC)C(C)[C@H]6C)O[C@H](CC)C(C)[C@H]5C)O[C@H](CC)[C@H](C)C4C)O[C@H](CC)[C@H](C)C3C)[C@H](C)C1C. The van der Waals surface area contributed by atoms with E-state index >= 15 is 0 Å².